The predicted octanol–water partition coefficient (Wildman–Crippen LogP) is 4.07. The van der Waals surface area contributed by atoms with E-state index < -0.39 is 12.1 Å². The zero-order valence-electron chi connectivity index (χ0n) is 16.4. The Morgan fingerprint density at radius 2 is 1.86 bits per heavy atom. The minimum Gasteiger partial charge on any atom is -0.496 e. The van der Waals surface area contributed by atoms with Gasteiger partial charge in [-0.1, -0.05) is 25.1 Å². The van der Waals surface area contributed by atoms with Crippen molar-refractivity contribution >= 4 is 22.5 Å². The lowest BCUT2D eigenvalue weighted by molar-refractivity contribution is 0.0601. The molecule has 2 atom stereocenters. The first-order valence-corrected chi connectivity index (χ1v) is 9.58. The van der Waals surface area contributed by atoms with Gasteiger partial charge in [0.2, 0.25) is 0 Å². The van der Waals surface area contributed by atoms with Crippen molar-refractivity contribution in [2.24, 2.45) is 5.92 Å². The summed E-state index contributed by atoms with van der Waals surface area (Å²) in [6.45, 7) is 1.98. The number of ketones is 1. The Kier molecular flexibility index (Phi) is 3.80. The van der Waals surface area contributed by atoms with Gasteiger partial charge in [0.05, 0.1) is 31.5 Å². The van der Waals surface area contributed by atoms with Gasteiger partial charge in [0.15, 0.2) is 5.78 Å². The van der Waals surface area contributed by atoms with Crippen molar-refractivity contribution in [3.05, 3.63) is 64.2 Å². The Hall–Kier alpha value is -3.18. The molecule has 2 aliphatic carbocycles. The van der Waals surface area contributed by atoms with Crippen LogP contribution in [0.4, 0.5) is 0 Å². The highest BCUT2D eigenvalue weighted by molar-refractivity contribution is 6.29. The molecule has 29 heavy (non-hydrogen) atoms. The van der Waals surface area contributed by atoms with Crippen LogP contribution in [0.5, 0.6) is 5.75 Å². The van der Waals surface area contributed by atoms with Crippen LogP contribution < -0.4 is 4.74 Å². The van der Waals surface area contributed by atoms with E-state index in [0.717, 1.165) is 21.9 Å². The predicted molar refractivity (Wildman–Crippen MR) is 109 cm³/mol. The van der Waals surface area contributed by atoms with Gasteiger partial charge in [-0.05, 0) is 52.6 Å². The summed E-state index contributed by atoms with van der Waals surface area (Å²) in [5.41, 5.74) is 4.47. The molecule has 5 nitrogen and oxygen atoms in total. The molecule has 0 fully saturated rings. The number of aliphatic hydroxyl groups excluding tert-OH is 1. The zero-order chi connectivity index (χ0) is 20.4. The fourth-order valence-electron chi connectivity index (χ4n) is 4.87. The molecule has 0 radical (unpaired) electrons. The van der Waals surface area contributed by atoms with Crippen LogP contribution in [0.25, 0.3) is 21.9 Å². The molecule has 1 N–H and O–H groups in total. The second-order valence-electron chi connectivity index (χ2n) is 7.74. The van der Waals surface area contributed by atoms with Crippen molar-refractivity contribution in [1.82, 2.24) is 0 Å². The second-order valence-corrected chi connectivity index (χ2v) is 7.74. The summed E-state index contributed by atoms with van der Waals surface area (Å²) in [5, 5.41) is 12.4. The van der Waals surface area contributed by atoms with E-state index in [9.17, 15) is 14.7 Å². The van der Waals surface area contributed by atoms with Crippen LogP contribution >= 0.6 is 0 Å². The van der Waals surface area contributed by atoms with E-state index in [0.29, 0.717) is 40.0 Å². The van der Waals surface area contributed by atoms with Gasteiger partial charge in [-0.25, -0.2) is 4.79 Å². The number of hydrogen-bond donors (Lipinski definition) is 1. The zero-order valence-corrected chi connectivity index (χ0v) is 16.4. The van der Waals surface area contributed by atoms with Crippen molar-refractivity contribution in [2.45, 2.75) is 19.4 Å². The van der Waals surface area contributed by atoms with E-state index in [1.165, 1.54) is 14.2 Å². The standard InChI is InChI=1S/C24H20O5/c1-11-9-12-10-16(24(27)29-3)19-13-5-4-6-17(28-2)20(13)23(26)15-8-7-14(22(11)25)18(12)21(15)19/h4-8,10-11,22,25H,9H2,1-3H3. The second kappa shape index (κ2) is 6.16. The van der Waals surface area contributed by atoms with E-state index in [1.807, 2.05) is 31.2 Å². The third-order valence-electron chi connectivity index (χ3n) is 6.19. The number of esters is 1. The molecule has 0 saturated heterocycles. The maximum absolute atomic E-state index is 13.4. The molecular weight excluding hydrogens is 368 g/mol. The number of fused-ring (bicyclic) bond motifs is 2. The number of benzene rings is 3. The average Bonchev–Trinajstić information content (AvgIpc) is 2.74. The largest absolute Gasteiger partial charge is 0.496 e. The number of carbonyl (C=O) groups excluding carboxylic acids is 2. The van der Waals surface area contributed by atoms with Crippen molar-refractivity contribution < 1.29 is 24.2 Å². The van der Waals surface area contributed by atoms with Crippen molar-refractivity contribution in [1.29, 1.82) is 0 Å². The summed E-state index contributed by atoms with van der Waals surface area (Å²) >= 11 is 0. The molecule has 2 unspecified atom stereocenters. The third-order valence-corrected chi connectivity index (χ3v) is 6.19. The van der Waals surface area contributed by atoms with Crippen LogP contribution in [0.3, 0.4) is 0 Å². The molecule has 2 aliphatic rings. The van der Waals surface area contributed by atoms with Crippen LogP contribution in [0.1, 0.15) is 50.4 Å². The molecule has 5 heteroatoms. The van der Waals surface area contributed by atoms with E-state index in [4.69, 9.17) is 9.47 Å². The maximum atomic E-state index is 13.4. The highest BCUT2D eigenvalue weighted by Crippen LogP contribution is 2.49. The van der Waals surface area contributed by atoms with Gasteiger partial charge in [-0.3, -0.25) is 4.79 Å². The van der Waals surface area contributed by atoms with Gasteiger partial charge in [0.1, 0.15) is 5.75 Å². The number of carbonyl (C=O) groups is 2. The Labute approximate surface area is 167 Å². The number of rotatable bonds is 2. The summed E-state index contributed by atoms with van der Waals surface area (Å²) in [4.78, 5) is 26.2. The average molecular weight is 388 g/mol. The van der Waals surface area contributed by atoms with E-state index in [2.05, 4.69) is 0 Å². The number of ether oxygens (including phenoxy) is 2. The molecule has 3 aromatic carbocycles. The van der Waals surface area contributed by atoms with Gasteiger partial charge in [0.25, 0.3) is 0 Å². The molecule has 0 heterocycles. The van der Waals surface area contributed by atoms with Crippen LogP contribution in [0.2, 0.25) is 0 Å². The fraction of sp³-hybridized carbons (Fsp3) is 0.250. The number of hydrogen-bond acceptors (Lipinski definition) is 5. The summed E-state index contributed by atoms with van der Waals surface area (Å²) < 4.78 is 10.5. The number of methoxy groups -OCH3 is 2. The molecule has 146 valence electrons. The summed E-state index contributed by atoms with van der Waals surface area (Å²) in [7, 11) is 2.88. The Morgan fingerprint density at radius 3 is 2.59 bits per heavy atom. The van der Waals surface area contributed by atoms with Crippen LogP contribution in [-0.4, -0.2) is 31.1 Å². The molecule has 0 saturated carbocycles. The Morgan fingerprint density at radius 1 is 1.07 bits per heavy atom. The van der Waals surface area contributed by atoms with Gasteiger partial charge in [-0.15, -0.1) is 0 Å². The smallest absolute Gasteiger partial charge is 0.338 e. The lowest BCUT2D eigenvalue weighted by Gasteiger charge is -2.32. The van der Waals surface area contributed by atoms with E-state index in [1.54, 1.807) is 12.1 Å². The summed E-state index contributed by atoms with van der Waals surface area (Å²) in [6, 6.07) is 10.8. The van der Waals surface area contributed by atoms with Crippen molar-refractivity contribution in [3.63, 3.8) is 0 Å². The monoisotopic (exact) mass is 388 g/mol. The number of aliphatic hydroxyl groups is 1. The van der Waals surface area contributed by atoms with Crippen LogP contribution in [0.15, 0.2) is 36.4 Å². The van der Waals surface area contributed by atoms with Crippen molar-refractivity contribution in [3.8, 4) is 16.9 Å². The third kappa shape index (κ3) is 2.25. The first kappa shape index (κ1) is 17.9. The summed E-state index contributed by atoms with van der Waals surface area (Å²) in [6.07, 6.45) is 0.00700. The Balaban J connectivity index is 2.01. The minimum absolute atomic E-state index is 0.0129. The molecule has 0 amide bonds. The highest BCUT2D eigenvalue weighted by atomic mass is 16.5. The first-order chi connectivity index (χ1) is 14.0. The van der Waals surface area contributed by atoms with Gasteiger partial charge < -0.3 is 14.6 Å². The summed E-state index contributed by atoms with van der Waals surface area (Å²) in [5.74, 6) is -0.107. The molecule has 3 aromatic rings. The van der Waals surface area contributed by atoms with E-state index in [-0.39, 0.29) is 11.7 Å². The highest BCUT2D eigenvalue weighted by Gasteiger charge is 2.36. The lowest BCUT2D eigenvalue weighted by Crippen LogP contribution is -2.22. The van der Waals surface area contributed by atoms with Crippen LogP contribution in [-0.2, 0) is 11.2 Å². The molecule has 0 spiro atoms. The van der Waals surface area contributed by atoms with Crippen molar-refractivity contribution in [2.75, 3.05) is 14.2 Å². The first-order valence-electron chi connectivity index (χ1n) is 9.58. The minimum atomic E-state index is -0.616. The molecule has 0 aliphatic heterocycles. The topological polar surface area (TPSA) is 72.8 Å². The van der Waals surface area contributed by atoms with E-state index >= 15 is 0 Å². The van der Waals surface area contributed by atoms with Gasteiger partial charge in [-0.2, -0.15) is 0 Å². The lowest BCUT2D eigenvalue weighted by atomic mass is 9.73. The molecule has 0 bridgehead atoms. The SMILES string of the molecule is COC(=O)c1cc2c3c(ccc4c3c1-c1cccc(OC)c1C4=O)C(O)C(C)C2. The quantitative estimate of drug-likeness (QED) is 0.524. The fourth-order valence-corrected chi connectivity index (χ4v) is 4.87. The van der Waals surface area contributed by atoms with Gasteiger partial charge >= 0.3 is 5.97 Å². The van der Waals surface area contributed by atoms with Gasteiger partial charge in [0, 0.05) is 16.5 Å². The molecular formula is C24H20O5. The molecule has 0 aromatic heterocycles. The van der Waals surface area contributed by atoms with Crippen LogP contribution in [0, 0.1) is 5.92 Å². The maximum Gasteiger partial charge on any atom is 0.338 e. The normalized spacial score (nSPS) is 19.1. The molecule has 5 rings (SSSR count). The Bertz CT molecular complexity index is 1220.